The second-order valence-corrected chi connectivity index (χ2v) is 6.48. The van der Waals surface area contributed by atoms with Crippen molar-refractivity contribution in [3.8, 4) is 0 Å². The summed E-state index contributed by atoms with van der Waals surface area (Å²) in [4.78, 5) is 20.6. The topological polar surface area (TPSA) is 93.7 Å². The number of fused-ring (bicyclic) bond motifs is 1. The molecule has 1 heterocycles. The Morgan fingerprint density at radius 3 is 2.63 bits per heavy atom. The van der Waals surface area contributed by atoms with Crippen LogP contribution in [0.1, 0.15) is 35.1 Å². The van der Waals surface area contributed by atoms with E-state index in [0.717, 1.165) is 23.3 Å². The smallest absolute Gasteiger partial charge is 0.251 e. The number of amidine groups is 1. The van der Waals surface area contributed by atoms with Gasteiger partial charge in [0.1, 0.15) is 11.7 Å². The number of rotatable bonds is 8. The summed E-state index contributed by atoms with van der Waals surface area (Å²) in [7, 11) is 0. The minimum atomic E-state index is -0.253. The third kappa shape index (κ3) is 5.08. The largest absolute Gasteiger partial charge is 0.373 e. The molecule has 0 saturated heterocycles. The maximum absolute atomic E-state index is 12.6. The van der Waals surface area contributed by atoms with E-state index in [-0.39, 0.29) is 17.8 Å². The molecule has 140 valence electrons. The highest BCUT2D eigenvalue weighted by Crippen LogP contribution is 2.20. The number of nitrogens with zero attached hydrogens (tertiary/aromatic N) is 1. The molecule has 0 fully saturated rings. The first-order valence-electron chi connectivity index (χ1n) is 8.85. The lowest BCUT2D eigenvalue weighted by Crippen LogP contribution is -2.31. The van der Waals surface area contributed by atoms with Crippen LogP contribution in [0.15, 0.2) is 54.6 Å². The molecule has 1 atom stereocenters. The fraction of sp³-hybridized carbons (Fsp3) is 0.250. The van der Waals surface area contributed by atoms with Crippen LogP contribution in [-0.2, 0) is 0 Å². The lowest BCUT2D eigenvalue weighted by atomic mass is 10.1. The summed E-state index contributed by atoms with van der Waals surface area (Å²) in [5.74, 6) is 1.05. The van der Waals surface area contributed by atoms with Gasteiger partial charge >= 0.3 is 0 Å². The zero-order valence-electron chi connectivity index (χ0n) is 14.8. The Labute approximate surface area is 162 Å². The summed E-state index contributed by atoms with van der Waals surface area (Å²) in [6, 6.07) is 16.7. The maximum atomic E-state index is 12.6. The lowest BCUT2D eigenvalue weighted by Gasteiger charge is -2.17. The number of H-pyrrole nitrogens is 1. The molecule has 3 aromatic rings. The Kier molecular flexibility index (Phi) is 6.44. The van der Waals surface area contributed by atoms with Gasteiger partial charge in [-0.3, -0.25) is 10.2 Å². The summed E-state index contributed by atoms with van der Waals surface area (Å²) < 4.78 is 0. The summed E-state index contributed by atoms with van der Waals surface area (Å²) in [5, 5.41) is 13.6. The number of imidazole rings is 1. The van der Waals surface area contributed by atoms with Crippen LogP contribution >= 0.6 is 11.6 Å². The van der Waals surface area contributed by atoms with Gasteiger partial charge in [-0.2, -0.15) is 0 Å². The van der Waals surface area contributed by atoms with Gasteiger partial charge in [0.05, 0.1) is 23.0 Å². The second-order valence-electron chi connectivity index (χ2n) is 6.21. The standard InChI is InChI=1S/C20H22ClN5O/c21-13-18(22)23-12-6-11-17(26-20(27)14-7-2-1-3-8-14)19-24-15-9-4-5-10-16(15)25-19/h1-5,7-10,17H,6,11-13H2,(H2,22,23)(H,24,25)(H,26,27)/t17-/m0/s1. The predicted molar refractivity (Wildman–Crippen MR) is 108 cm³/mol. The summed E-state index contributed by atoms with van der Waals surface area (Å²) in [6.07, 6.45) is 1.44. The third-order valence-electron chi connectivity index (χ3n) is 4.22. The van der Waals surface area contributed by atoms with E-state index in [2.05, 4.69) is 20.6 Å². The molecule has 0 unspecified atom stereocenters. The average Bonchev–Trinajstić information content (AvgIpc) is 3.14. The van der Waals surface area contributed by atoms with Gasteiger partial charge in [-0.15, -0.1) is 11.6 Å². The van der Waals surface area contributed by atoms with Gasteiger partial charge in [-0.05, 0) is 37.1 Å². The number of alkyl halides is 1. The number of para-hydroxylation sites is 2. The van der Waals surface area contributed by atoms with Gasteiger partial charge in [0.25, 0.3) is 5.91 Å². The molecule has 0 aliphatic heterocycles. The van der Waals surface area contributed by atoms with E-state index in [1.807, 2.05) is 42.5 Å². The molecule has 27 heavy (non-hydrogen) atoms. The summed E-state index contributed by atoms with van der Waals surface area (Å²) in [5.41, 5.74) is 2.42. The third-order valence-corrected chi connectivity index (χ3v) is 4.49. The lowest BCUT2D eigenvalue weighted by molar-refractivity contribution is 0.0932. The van der Waals surface area contributed by atoms with Crippen LogP contribution in [0.4, 0.5) is 0 Å². The molecule has 2 aromatic carbocycles. The van der Waals surface area contributed by atoms with Crippen LogP contribution in [0.2, 0.25) is 0 Å². The molecule has 7 heteroatoms. The zero-order chi connectivity index (χ0) is 19.1. The van der Waals surface area contributed by atoms with E-state index in [4.69, 9.17) is 17.0 Å². The van der Waals surface area contributed by atoms with E-state index in [1.165, 1.54) is 0 Å². The molecule has 4 N–H and O–H groups in total. The molecular weight excluding hydrogens is 362 g/mol. The highest BCUT2D eigenvalue weighted by molar-refractivity contribution is 6.27. The number of halogens is 1. The first-order chi connectivity index (χ1) is 13.2. The van der Waals surface area contributed by atoms with Crippen molar-refractivity contribution in [2.75, 3.05) is 12.4 Å². The maximum Gasteiger partial charge on any atom is 0.251 e. The monoisotopic (exact) mass is 383 g/mol. The number of carbonyl (C=O) groups is 1. The Balaban J connectivity index is 1.73. The minimum Gasteiger partial charge on any atom is -0.373 e. The molecule has 0 aliphatic rings. The van der Waals surface area contributed by atoms with Crippen molar-refractivity contribution >= 4 is 34.4 Å². The van der Waals surface area contributed by atoms with Gasteiger partial charge in [-0.1, -0.05) is 30.3 Å². The zero-order valence-corrected chi connectivity index (χ0v) is 15.6. The Morgan fingerprint density at radius 2 is 1.89 bits per heavy atom. The normalized spacial score (nSPS) is 11.9. The van der Waals surface area contributed by atoms with E-state index in [9.17, 15) is 4.79 Å². The van der Waals surface area contributed by atoms with Crippen LogP contribution < -0.4 is 10.6 Å². The number of hydrogen-bond donors (Lipinski definition) is 4. The second kappa shape index (κ2) is 9.19. The Bertz CT molecular complexity index is 876. The van der Waals surface area contributed by atoms with Crippen LogP contribution in [0.5, 0.6) is 0 Å². The molecule has 0 aliphatic carbocycles. The van der Waals surface area contributed by atoms with Gasteiger partial charge in [0.15, 0.2) is 0 Å². The van der Waals surface area contributed by atoms with Crippen molar-refractivity contribution in [1.82, 2.24) is 20.6 Å². The highest BCUT2D eigenvalue weighted by Gasteiger charge is 2.19. The minimum absolute atomic E-state index is 0.137. The van der Waals surface area contributed by atoms with E-state index in [1.54, 1.807) is 12.1 Å². The van der Waals surface area contributed by atoms with Crippen molar-refractivity contribution in [1.29, 1.82) is 5.41 Å². The predicted octanol–water partition coefficient (Wildman–Crippen LogP) is 3.62. The molecule has 0 bridgehead atoms. The van der Waals surface area contributed by atoms with E-state index in [0.29, 0.717) is 24.4 Å². The van der Waals surface area contributed by atoms with Crippen molar-refractivity contribution in [2.45, 2.75) is 18.9 Å². The number of amides is 1. The van der Waals surface area contributed by atoms with Crippen LogP contribution in [0.3, 0.4) is 0 Å². The van der Waals surface area contributed by atoms with Crippen molar-refractivity contribution in [2.24, 2.45) is 0 Å². The average molecular weight is 384 g/mol. The Hall–Kier alpha value is -2.86. The quantitative estimate of drug-likeness (QED) is 0.207. The van der Waals surface area contributed by atoms with E-state index < -0.39 is 0 Å². The van der Waals surface area contributed by atoms with Crippen molar-refractivity contribution in [3.05, 3.63) is 66.0 Å². The molecule has 0 spiro atoms. The van der Waals surface area contributed by atoms with Crippen molar-refractivity contribution in [3.63, 3.8) is 0 Å². The SMILES string of the molecule is N=C(CCl)NCCC[C@H](NC(=O)c1ccccc1)c1nc2ccccc2[nH]1. The van der Waals surface area contributed by atoms with E-state index >= 15 is 0 Å². The number of nitrogens with one attached hydrogen (secondary N) is 4. The van der Waals surface area contributed by atoms with Crippen LogP contribution in [0.25, 0.3) is 11.0 Å². The molecular formula is C20H22ClN5O. The first kappa shape index (κ1) is 18.9. The number of benzene rings is 2. The summed E-state index contributed by atoms with van der Waals surface area (Å²) >= 11 is 5.61. The molecule has 0 saturated carbocycles. The molecule has 3 rings (SSSR count). The van der Waals surface area contributed by atoms with Crippen LogP contribution in [-0.4, -0.2) is 34.1 Å². The number of carbonyl (C=O) groups excluding carboxylic acids is 1. The molecule has 0 radical (unpaired) electrons. The highest BCUT2D eigenvalue weighted by atomic mass is 35.5. The molecule has 1 aromatic heterocycles. The van der Waals surface area contributed by atoms with Crippen LogP contribution in [0, 0.1) is 5.41 Å². The van der Waals surface area contributed by atoms with Gasteiger partial charge < -0.3 is 15.6 Å². The van der Waals surface area contributed by atoms with Crippen molar-refractivity contribution < 1.29 is 4.79 Å². The van der Waals surface area contributed by atoms with Gasteiger partial charge in [-0.25, -0.2) is 4.98 Å². The first-order valence-corrected chi connectivity index (χ1v) is 9.38. The van der Waals surface area contributed by atoms with Gasteiger partial charge in [0, 0.05) is 12.1 Å². The Morgan fingerprint density at radius 1 is 1.15 bits per heavy atom. The number of hydrogen-bond acceptors (Lipinski definition) is 3. The number of aromatic amines is 1. The molecule has 6 nitrogen and oxygen atoms in total. The number of aromatic nitrogens is 2. The fourth-order valence-corrected chi connectivity index (χ4v) is 2.93. The summed E-state index contributed by atoms with van der Waals surface area (Å²) in [6.45, 7) is 0.615. The van der Waals surface area contributed by atoms with Gasteiger partial charge in [0.2, 0.25) is 0 Å². The molecule has 1 amide bonds. The fourth-order valence-electron chi connectivity index (χ4n) is 2.84.